The van der Waals surface area contributed by atoms with Crippen molar-refractivity contribution in [1.82, 2.24) is 14.9 Å². The second-order valence-electron chi connectivity index (χ2n) is 6.84. The fraction of sp³-hybridized carbons (Fsp3) is 0.706. The van der Waals surface area contributed by atoms with Gasteiger partial charge < -0.3 is 15.5 Å². The van der Waals surface area contributed by atoms with E-state index in [9.17, 15) is 0 Å². The van der Waals surface area contributed by atoms with Crippen molar-refractivity contribution in [3.63, 3.8) is 0 Å². The van der Waals surface area contributed by atoms with Gasteiger partial charge in [0.1, 0.15) is 0 Å². The third-order valence-electron chi connectivity index (χ3n) is 4.80. The highest BCUT2D eigenvalue weighted by atomic mass is 127. The van der Waals surface area contributed by atoms with E-state index < -0.39 is 0 Å². The first-order valence-electron chi connectivity index (χ1n) is 8.76. The standard InChI is InChI=1S/C17H28N6.HI/c1-13-5-9-22(10-6-13)16(18)19-12-15-11-14(2)20-17(21-15)23-7-3-4-8-23;/h11,13H,3-10,12H2,1-2H3,(H2,18,19);1H. The molecule has 0 spiro atoms. The number of anilines is 1. The Morgan fingerprint density at radius 2 is 1.88 bits per heavy atom. The number of hydrogen-bond acceptors (Lipinski definition) is 4. The maximum atomic E-state index is 6.16. The number of piperidine rings is 1. The molecule has 1 aromatic heterocycles. The summed E-state index contributed by atoms with van der Waals surface area (Å²) in [6.07, 6.45) is 4.85. The van der Waals surface area contributed by atoms with Crippen LogP contribution in [-0.4, -0.2) is 47.0 Å². The molecule has 0 amide bonds. The van der Waals surface area contributed by atoms with Crippen molar-refractivity contribution in [2.75, 3.05) is 31.1 Å². The van der Waals surface area contributed by atoms with Crippen LogP contribution in [0.25, 0.3) is 0 Å². The van der Waals surface area contributed by atoms with Gasteiger partial charge in [0.15, 0.2) is 5.96 Å². The Labute approximate surface area is 162 Å². The van der Waals surface area contributed by atoms with Crippen LogP contribution in [-0.2, 0) is 6.54 Å². The Balaban J connectivity index is 0.00000208. The van der Waals surface area contributed by atoms with Gasteiger partial charge in [0, 0.05) is 31.9 Å². The van der Waals surface area contributed by atoms with Crippen molar-refractivity contribution in [2.45, 2.75) is 46.1 Å². The highest BCUT2D eigenvalue weighted by molar-refractivity contribution is 14.0. The second-order valence-corrected chi connectivity index (χ2v) is 6.84. The quantitative estimate of drug-likeness (QED) is 0.441. The molecule has 6 nitrogen and oxygen atoms in total. The lowest BCUT2D eigenvalue weighted by atomic mass is 10.00. The number of halogens is 1. The predicted molar refractivity (Wildman–Crippen MR) is 109 cm³/mol. The molecule has 0 aliphatic carbocycles. The van der Waals surface area contributed by atoms with E-state index in [1.165, 1.54) is 25.7 Å². The minimum atomic E-state index is 0. The smallest absolute Gasteiger partial charge is 0.225 e. The lowest BCUT2D eigenvalue weighted by molar-refractivity contribution is 0.277. The number of hydrogen-bond donors (Lipinski definition) is 1. The molecule has 1 aromatic rings. The Morgan fingerprint density at radius 3 is 2.54 bits per heavy atom. The molecule has 2 fully saturated rings. The number of nitrogens with two attached hydrogens (primary N) is 1. The zero-order chi connectivity index (χ0) is 16.2. The molecule has 0 radical (unpaired) electrons. The molecule has 2 saturated heterocycles. The molecule has 2 aliphatic rings. The van der Waals surface area contributed by atoms with Gasteiger partial charge in [0.05, 0.1) is 12.2 Å². The first-order chi connectivity index (χ1) is 11.1. The average molecular weight is 444 g/mol. The summed E-state index contributed by atoms with van der Waals surface area (Å²) in [7, 11) is 0. The summed E-state index contributed by atoms with van der Waals surface area (Å²) in [5.74, 6) is 2.29. The van der Waals surface area contributed by atoms with Gasteiger partial charge in [-0.2, -0.15) is 0 Å². The van der Waals surface area contributed by atoms with Crippen molar-refractivity contribution in [2.24, 2.45) is 16.6 Å². The highest BCUT2D eigenvalue weighted by Gasteiger charge is 2.18. The third-order valence-corrected chi connectivity index (χ3v) is 4.80. The van der Waals surface area contributed by atoms with Gasteiger partial charge in [-0.1, -0.05) is 6.92 Å². The maximum Gasteiger partial charge on any atom is 0.225 e. The lowest BCUT2D eigenvalue weighted by Gasteiger charge is -2.31. The Hall–Kier alpha value is -1.12. The van der Waals surface area contributed by atoms with Gasteiger partial charge in [-0.15, -0.1) is 24.0 Å². The van der Waals surface area contributed by atoms with Crippen molar-refractivity contribution < 1.29 is 0 Å². The van der Waals surface area contributed by atoms with Crippen LogP contribution in [0.4, 0.5) is 5.95 Å². The molecule has 0 aromatic carbocycles. The third kappa shape index (κ3) is 4.94. The number of nitrogens with zero attached hydrogens (tertiary/aromatic N) is 5. The van der Waals surface area contributed by atoms with Crippen LogP contribution in [0.3, 0.4) is 0 Å². The van der Waals surface area contributed by atoms with Crippen molar-refractivity contribution in [1.29, 1.82) is 0 Å². The number of guanidine groups is 1. The van der Waals surface area contributed by atoms with E-state index in [0.717, 1.165) is 49.4 Å². The monoisotopic (exact) mass is 444 g/mol. The summed E-state index contributed by atoms with van der Waals surface area (Å²) in [4.78, 5) is 18.3. The molecule has 134 valence electrons. The topological polar surface area (TPSA) is 70.6 Å². The molecule has 24 heavy (non-hydrogen) atoms. The molecule has 0 saturated carbocycles. The molecule has 2 aliphatic heterocycles. The normalized spacial score (nSPS) is 19.5. The van der Waals surface area contributed by atoms with Gasteiger partial charge in [0.25, 0.3) is 0 Å². The van der Waals surface area contributed by atoms with Gasteiger partial charge >= 0.3 is 0 Å². The maximum absolute atomic E-state index is 6.16. The van der Waals surface area contributed by atoms with Gasteiger partial charge in [-0.3, -0.25) is 0 Å². The zero-order valence-corrected chi connectivity index (χ0v) is 17.1. The molecule has 3 heterocycles. The van der Waals surface area contributed by atoms with Crippen molar-refractivity contribution in [3.05, 3.63) is 17.5 Å². The van der Waals surface area contributed by atoms with Crippen LogP contribution < -0.4 is 10.6 Å². The fourth-order valence-corrected chi connectivity index (χ4v) is 3.26. The summed E-state index contributed by atoms with van der Waals surface area (Å²) in [5.41, 5.74) is 8.11. The summed E-state index contributed by atoms with van der Waals surface area (Å²) in [5, 5.41) is 0. The van der Waals surface area contributed by atoms with E-state index >= 15 is 0 Å². The molecule has 3 rings (SSSR count). The average Bonchev–Trinajstić information content (AvgIpc) is 3.07. The molecule has 0 atom stereocenters. The van der Waals surface area contributed by atoms with E-state index in [0.29, 0.717) is 12.5 Å². The number of likely N-dealkylation sites (tertiary alicyclic amines) is 1. The van der Waals surface area contributed by atoms with Crippen LogP contribution >= 0.6 is 24.0 Å². The van der Waals surface area contributed by atoms with Crippen LogP contribution in [0.5, 0.6) is 0 Å². The zero-order valence-electron chi connectivity index (χ0n) is 14.7. The predicted octanol–water partition coefficient (Wildman–Crippen LogP) is 2.55. The van der Waals surface area contributed by atoms with Crippen LogP contribution in [0.15, 0.2) is 11.1 Å². The van der Waals surface area contributed by atoms with E-state index in [-0.39, 0.29) is 24.0 Å². The largest absolute Gasteiger partial charge is 0.370 e. The SMILES string of the molecule is Cc1cc(CN=C(N)N2CCC(C)CC2)nc(N2CCCC2)n1.I. The molecular weight excluding hydrogens is 415 g/mol. The first kappa shape index (κ1) is 19.2. The fourth-order valence-electron chi connectivity index (χ4n) is 3.26. The molecule has 2 N–H and O–H groups in total. The van der Waals surface area contributed by atoms with Crippen molar-refractivity contribution >= 4 is 35.9 Å². The number of aryl methyl sites for hydroxylation is 1. The van der Waals surface area contributed by atoms with Gasteiger partial charge in [-0.05, 0) is 44.6 Å². The Morgan fingerprint density at radius 1 is 1.21 bits per heavy atom. The van der Waals surface area contributed by atoms with Gasteiger partial charge in [-0.25, -0.2) is 15.0 Å². The number of rotatable bonds is 3. The Bertz CT molecular complexity index is 562. The summed E-state index contributed by atoms with van der Waals surface area (Å²) in [6, 6.07) is 2.01. The minimum absolute atomic E-state index is 0. The number of aliphatic imine (C=N–C) groups is 1. The first-order valence-corrected chi connectivity index (χ1v) is 8.76. The van der Waals surface area contributed by atoms with E-state index in [2.05, 4.69) is 31.7 Å². The molecule has 7 heteroatoms. The highest BCUT2D eigenvalue weighted by Crippen LogP contribution is 2.18. The molecular formula is C17H29IN6. The summed E-state index contributed by atoms with van der Waals surface area (Å²) >= 11 is 0. The summed E-state index contributed by atoms with van der Waals surface area (Å²) < 4.78 is 0. The van der Waals surface area contributed by atoms with Crippen LogP contribution in [0, 0.1) is 12.8 Å². The van der Waals surface area contributed by atoms with Crippen LogP contribution in [0.2, 0.25) is 0 Å². The van der Waals surface area contributed by atoms with E-state index in [1.54, 1.807) is 0 Å². The Kier molecular flexibility index (Phi) is 7.06. The summed E-state index contributed by atoms with van der Waals surface area (Å²) in [6.45, 7) is 8.98. The molecule has 0 bridgehead atoms. The van der Waals surface area contributed by atoms with Gasteiger partial charge in [0.2, 0.25) is 5.95 Å². The minimum Gasteiger partial charge on any atom is -0.370 e. The van der Waals surface area contributed by atoms with Crippen LogP contribution in [0.1, 0.15) is 44.0 Å². The lowest BCUT2D eigenvalue weighted by Crippen LogP contribution is -2.42. The van der Waals surface area contributed by atoms with E-state index in [1.807, 2.05) is 13.0 Å². The second kappa shape index (κ2) is 8.82. The van der Waals surface area contributed by atoms with E-state index in [4.69, 9.17) is 5.73 Å². The molecule has 0 unspecified atom stereocenters. The number of aromatic nitrogens is 2. The van der Waals surface area contributed by atoms with Crippen molar-refractivity contribution in [3.8, 4) is 0 Å².